The first-order chi connectivity index (χ1) is 7.20. The monoisotopic (exact) mass is 244 g/mol. The largest absolute Gasteiger partial charge is 0.337 e. The van der Waals surface area contributed by atoms with Crippen molar-refractivity contribution in [3.8, 4) is 0 Å². The van der Waals surface area contributed by atoms with Crippen molar-refractivity contribution in [2.75, 3.05) is 11.5 Å². The molecule has 1 aromatic rings. The molecular formula is C11H20N2S2. The molecule has 1 heterocycles. The van der Waals surface area contributed by atoms with Crippen LogP contribution in [0.3, 0.4) is 0 Å². The number of aromatic nitrogens is 2. The molecule has 0 fully saturated rings. The third kappa shape index (κ3) is 3.38. The van der Waals surface area contributed by atoms with Gasteiger partial charge in [-0.15, -0.1) is 0 Å². The predicted octanol–water partition coefficient (Wildman–Crippen LogP) is 3.81. The second kappa shape index (κ2) is 6.38. The van der Waals surface area contributed by atoms with Crippen LogP contribution in [0.5, 0.6) is 0 Å². The summed E-state index contributed by atoms with van der Waals surface area (Å²) in [5, 5.41) is 0. The lowest BCUT2D eigenvalue weighted by Gasteiger charge is -2.15. The van der Waals surface area contributed by atoms with Crippen LogP contribution < -0.4 is 0 Å². The number of hydrogen-bond acceptors (Lipinski definition) is 2. The first kappa shape index (κ1) is 12.8. The number of aromatic amines is 1. The van der Waals surface area contributed by atoms with Gasteiger partial charge in [-0.2, -0.15) is 11.8 Å². The standard InChI is InChI=1S/C11H20N2S2/c1-4-10-8-12-11(14)13(10)9(3)6-7-15-5-2/h8-9H,4-7H2,1-3H3,(H,12,14). The van der Waals surface area contributed by atoms with Crippen LogP contribution in [0.25, 0.3) is 0 Å². The fraction of sp³-hybridized carbons (Fsp3) is 0.727. The van der Waals surface area contributed by atoms with Crippen molar-refractivity contribution in [1.82, 2.24) is 9.55 Å². The fourth-order valence-electron chi connectivity index (χ4n) is 1.70. The first-order valence-corrected chi connectivity index (χ1v) is 7.13. The van der Waals surface area contributed by atoms with E-state index in [1.54, 1.807) is 0 Å². The summed E-state index contributed by atoms with van der Waals surface area (Å²) >= 11 is 7.29. The molecular weight excluding hydrogens is 224 g/mol. The molecule has 0 spiro atoms. The Morgan fingerprint density at radius 3 is 2.87 bits per heavy atom. The quantitative estimate of drug-likeness (QED) is 0.606. The van der Waals surface area contributed by atoms with E-state index in [9.17, 15) is 0 Å². The highest BCUT2D eigenvalue weighted by atomic mass is 32.2. The van der Waals surface area contributed by atoms with E-state index >= 15 is 0 Å². The van der Waals surface area contributed by atoms with Gasteiger partial charge in [0.2, 0.25) is 0 Å². The van der Waals surface area contributed by atoms with Crippen molar-refractivity contribution < 1.29 is 0 Å². The number of hydrogen-bond donors (Lipinski definition) is 1. The van der Waals surface area contributed by atoms with Gasteiger partial charge in [0.05, 0.1) is 0 Å². The number of imidazole rings is 1. The van der Waals surface area contributed by atoms with E-state index < -0.39 is 0 Å². The third-order valence-corrected chi connectivity index (χ3v) is 3.82. The van der Waals surface area contributed by atoms with Gasteiger partial charge in [-0.3, -0.25) is 0 Å². The smallest absolute Gasteiger partial charge is 0.177 e. The Kier molecular flexibility index (Phi) is 5.47. The zero-order valence-electron chi connectivity index (χ0n) is 9.75. The van der Waals surface area contributed by atoms with Crippen molar-refractivity contribution in [1.29, 1.82) is 0 Å². The summed E-state index contributed by atoms with van der Waals surface area (Å²) < 4.78 is 3.12. The van der Waals surface area contributed by atoms with Gasteiger partial charge in [-0.1, -0.05) is 13.8 Å². The normalized spacial score (nSPS) is 13.0. The second-order valence-electron chi connectivity index (χ2n) is 3.64. The molecule has 0 aliphatic carbocycles. The molecule has 0 aliphatic rings. The van der Waals surface area contributed by atoms with Crippen LogP contribution in [0.4, 0.5) is 0 Å². The van der Waals surface area contributed by atoms with Crippen molar-refractivity contribution in [2.45, 2.75) is 39.7 Å². The van der Waals surface area contributed by atoms with E-state index in [1.165, 1.54) is 23.6 Å². The molecule has 2 nitrogen and oxygen atoms in total. The summed E-state index contributed by atoms with van der Waals surface area (Å²) in [5.41, 5.74) is 1.31. The van der Waals surface area contributed by atoms with Crippen molar-refractivity contribution >= 4 is 24.0 Å². The average molecular weight is 244 g/mol. The van der Waals surface area contributed by atoms with Gasteiger partial charge in [0.1, 0.15) is 0 Å². The zero-order valence-corrected chi connectivity index (χ0v) is 11.4. The summed E-state index contributed by atoms with van der Waals surface area (Å²) in [5.74, 6) is 2.42. The summed E-state index contributed by atoms with van der Waals surface area (Å²) in [6.45, 7) is 6.62. The molecule has 0 radical (unpaired) electrons. The minimum Gasteiger partial charge on any atom is -0.337 e. The number of thioether (sulfide) groups is 1. The molecule has 15 heavy (non-hydrogen) atoms. The molecule has 0 aliphatic heterocycles. The number of aryl methyl sites for hydroxylation is 1. The SMILES string of the molecule is CCSCCC(C)n1c(CC)c[nH]c1=S. The third-order valence-electron chi connectivity index (χ3n) is 2.58. The van der Waals surface area contributed by atoms with Gasteiger partial charge >= 0.3 is 0 Å². The van der Waals surface area contributed by atoms with Crippen LogP contribution in [0.15, 0.2) is 6.20 Å². The zero-order chi connectivity index (χ0) is 11.3. The molecule has 1 atom stereocenters. The predicted molar refractivity (Wildman–Crippen MR) is 71.3 cm³/mol. The molecule has 0 bridgehead atoms. The van der Waals surface area contributed by atoms with E-state index in [2.05, 4.69) is 30.3 Å². The van der Waals surface area contributed by atoms with Crippen LogP contribution >= 0.6 is 24.0 Å². The minimum absolute atomic E-state index is 0.512. The maximum absolute atomic E-state index is 5.29. The van der Waals surface area contributed by atoms with E-state index in [4.69, 9.17) is 12.2 Å². The van der Waals surface area contributed by atoms with E-state index in [0.29, 0.717) is 6.04 Å². The molecule has 1 rings (SSSR count). The van der Waals surface area contributed by atoms with E-state index in [1.807, 2.05) is 18.0 Å². The Labute approximate surface area is 101 Å². The van der Waals surface area contributed by atoms with Crippen molar-refractivity contribution in [3.63, 3.8) is 0 Å². The van der Waals surface area contributed by atoms with Crippen LogP contribution in [0.1, 0.15) is 38.9 Å². The topological polar surface area (TPSA) is 20.7 Å². The molecule has 86 valence electrons. The van der Waals surface area contributed by atoms with Crippen LogP contribution in [0, 0.1) is 4.77 Å². The summed E-state index contributed by atoms with van der Waals surface area (Å²) in [6.07, 6.45) is 4.27. The summed E-state index contributed by atoms with van der Waals surface area (Å²) in [7, 11) is 0. The molecule has 1 unspecified atom stereocenters. The maximum Gasteiger partial charge on any atom is 0.177 e. The summed E-state index contributed by atoms with van der Waals surface area (Å²) in [4.78, 5) is 3.13. The van der Waals surface area contributed by atoms with Crippen LogP contribution in [-0.2, 0) is 6.42 Å². The van der Waals surface area contributed by atoms with Gasteiger partial charge in [-0.25, -0.2) is 0 Å². The Morgan fingerprint density at radius 1 is 1.53 bits per heavy atom. The van der Waals surface area contributed by atoms with Crippen molar-refractivity contribution in [3.05, 3.63) is 16.7 Å². The van der Waals surface area contributed by atoms with Gasteiger partial charge in [0.25, 0.3) is 0 Å². The number of nitrogens with zero attached hydrogens (tertiary/aromatic N) is 1. The number of rotatable bonds is 6. The lowest BCUT2D eigenvalue weighted by Crippen LogP contribution is -2.09. The average Bonchev–Trinajstić information content (AvgIpc) is 2.59. The molecule has 0 aromatic carbocycles. The van der Waals surface area contributed by atoms with Gasteiger partial charge in [0.15, 0.2) is 4.77 Å². The number of H-pyrrole nitrogens is 1. The molecule has 1 N–H and O–H groups in total. The van der Waals surface area contributed by atoms with E-state index in [-0.39, 0.29) is 0 Å². The Hall–Kier alpha value is -0.220. The van der Waals surface area contributed by atoms with Gasteiger partial charge in [0, 0.05) is 17.9 Å². The van der Waals surface area contributed by atoms with Crippen molar-refractivity contribution in [2.24, 2.45) is 0 Å². The van der Waals surface area contributed by atoms with Gasteiger partial charge < -0.3 is 9.55 Å². The molecule has 0 saturated carbocycles. The summed E-state index contributed by atoms with van der Waals surface area (Å²) in [6, 6.07) is 0.512. The minimum atomic E-state index is 0.512. The highest BCUT2D eigenvalue weighted by Gasteiger charge is 2.09. The molecule has 0 saturated heterocycles. The van der Waals surface area contributed by atoms with Crippen LogP contribution in [0.2, 0.25) is 0 Å². The first-order valence-electron chi connectivity index (χ1n) is 5.57. The van der Waals surface area contributed by atoms with Crippen LogP contribution in [-0.4, -0.2) is 21.1 Å². The highest BCUT2D eigenvalue weighted by Crippen LogP contribution is 2.18. The van der Waals surface area contributed by atoms with E-state index in [0.717, 1.165) is 11.2 Å². The molecule has 0 amide bonds. The molecule has 4 heteroatoms. The highest BCUT2D eigenvalue weighted by molar-refractivity contribution is 7.99. The number of nitrogens with one attached hydrogen (secondary N) is 1. The van der Waals surface area contributed by atoms with Gasteiger partial charge in [-0.05, 0) is 43.5 Å². The second-order valence-corrected chi connectivity index (χ2v) is 5.42. The fourth-order valence-corrected chi connectivity index (χ4v) is 2.85. The Balaban J connectivity index is 2.67. The Morgan fingerprint density at radius 2 is 2.27 bits per heavy atom. The molecule has 1 aromatic heterocycles. The lowest BCUT2D eigenvalue weighted by atomic mass is 10.2. The Bertz CT molecular complexity index is 341. The maximum atomic E-state index is 5.29. The lowest BCUT2D eigenvalue weighted by molar-refractivity contribution is 0.512.